The lowest BCUT2D eigenvalue weighted by atomic mass is 10.1. The molecule has 0 radical (unpaired) electrons. The molecule has 0 N–H and O–H groups in total. The molecule has 0 amide bonds. The molecule has 0 fully saturated rings. The topological polar surface area (TPSA) is 52.1 Å². The summed E-state index contributed by atoms with van der Waals surface area (Å²) in [5.41, 5.74) is 3.31. The zero-order chi connectivity index (χ0) is 16.1. The highest BCUT2D eigenvalue weighted by atomic mass is 16.5. The van der Waals surface area contributed by atoms with E-state index in [0.717, 1.165) is 11.1 Å². The van der Waals surface area contributed by atoms with Crippen molar-refractivity contribution in [1.82, 2.24) is 10.2 Å². The number of Topliss-reactive ketones (excluding diaryl/α,β-unsaturated/α-hetero) is 1. The summed E-state index contributed by atoms with van der Waals surface area (Å²) in [6.45, 7) is 2.00. The largest absolute Gasteiger partial charge is 0.472 e. The first-order valence-electron chi connectivity index (χ1n) is 7.34. The molecule has 0 bridgehead atoms. The molecule has 23 heavy (non-hydrogen) atoms. The molecule has 114 valence electrons. The fourth-order valence-electron chi connectivity index (χ4n) is 2.18. The number of ether oxygens (including phenoxy) is 1. The molecule has 1 aromatic heterocycles. The van der Waals surface area contributed by atoms with Crippen LogP contribution in [-0.2, 0) is 6.61 Å². The quantitative estimate of drug-likeness (QED) is 0.670. The Morgan fingerprint density at radius 1 is 0.957 bits per heavy atom. The number of nitrogens with zero attached hydrogens (tertiary/aromatic N) is 2. The Kier molecular flexibility index (Phi) is 4.43. The Hall–Kier alpha value is -3.01. The number of rotatable bonds is 5. The smallest absolute Gasteiger partial charge is 0.233 e. The zero-order valence-electron chi connectivity index (χ0n) is 12.8. The fourth-order valence-corrected chi connectivity index (χ4v) is 2.18. The molecule has 4 nitrogen and oxygen atoms in total. The maximum Gasteiger partial charge on any atom is 0.233 e. The summed E-state index contributed by atoms with van der Waals surface area (Å²) in [5, 5.41) is 8.26. The number of aromatic nitrogens is 2. The van der Waals surface area contributed by atoms with Gasteiger partial charge in [0.25, 0.3) is 0 Å². The Bertz CT molecular complexity index is 799. The van der Waals surface area contributed by atoms with E-state index in [4.69, 9.17) is 4.74 Å². The molecule has 3 aromatic rings. The van der Waals surface area contributed by atoms with Gasteiger partial charge in [0.2, 0.25) is 5.88 Å². The van der Waals surface area contributed by atoms with E-state index in [1.54, 1.807) is 19.1 Å². The van der Waals surface area contributed by atoms with Crippen LogP contribution < -0.4 is 4.74 Å². The molecule has 0 atom stereocenters. The monoisotopic (exact) mass is 304 g/mol. The van der Waals surface area contributed by atoms with Crippen molar-refractivity contribution in [2.75, 3.05) is 0 Å². The maximum atomic E-state index is 11.4. The second kappa shape index (κ2) is 6.83. The number of ketones is 1. The van der Waals surface area contributed by atoms with Crippen molar-refractivity contribution < 1.29 is 9.53 Å². The molecule has 3 rings (SSSR count). The summed E-state index contributed by atoms with van der Waals surface area (Å²) < 4.78 is 5.62. The first kappa shape index (κ1) is 14.9. The lowest BCUT2D eigenvalue weighted by Crippen LogP contribution is -1.99. The van der Waals surface area contributed by atoms with Gasteiger partial charge in [-0.3, -0.25) is 4.79 Å². The molecule has 0 aliphatic carbocycles. The molecule has 2 aromatic carbocycles. The average Bonchev–Trinajstić information content (AvgIpc) is 2.61. The van der Waals surface area contributed by atoms with Crippen LogP contribution in [0.5, 0.6) is 5.88 Å². The minimum absolute atomic E-state index is 0.0302. The maximum absolute atomic E-state index is 11.4. The average molecular weight is 304 g/mol. The van der Waals surface area contributed by atoms with Gasteiger partial charge < -0.3 is 4.74 Å². The number of carbonyl (C=O) groups is 1. The van der Waals surface area contributed by atoms with E-state index >= 15 is 0 Å². The lowest BCUT2D eigenvalue weighted by Gasteiger charge is -2.06. The van der Waals surface area contributed by atoms with Crippen molar-refractivity contribution >= 4 is 5.78 Å². The lowest BCUT2D eigenvalue weighted by molar-refractivity contribution is 0.101. The van der Waals surface area contributed by atoms with Gasteiger partial charge >= 0.3 is 0 Å². The predicted molar refractivity (Wildman–Crippen MR) is 88.2 cm³/mol. The standard InChI is InChI=1S/C19H16N2O2/c1-14(22)16-8-5-9-17(12-16)18-10-11-19(21-20-18)23-13-15-6-3-2-4-7-15/h2-12H,13H2,1H3. The van der Waals surface area contributed by atoms with Crippen LogP contribution in [0.3, 0.4) is 0 Å². The number of hydrogen-bond donors (Lipinski definition) is 0. The Morgan fingerprint density at radius 2 is 1.78 bits per heavy atom. The molecule has 0 aliphatic heterocycles. The Balaban J connectivity index is 1.72. The van der Waals surface area contributed by atoms with Crippen molar-refractivity contribution in [3.05, 3.63) is 77.9 Å². The SMILES string of the molecule is CC(=O)c1cccc(-c2ccc(OCc3ccccc3)nn2)c1. The fraction of sp³-hybridized carbons (Fsp3) is 0.105. The highest BCUT2D eigenvalue weighted by Gasteiger charge is 2.05. The van der Waals surface area contributed by atoms with Crippen molar-refractivity contribution in [3.8, 4) is 17.1 Å². The van der Waals surface area contributed by atoms with Crippen LogP contribution in [0.2, 0.25) is 0 Å². The third kappa shape index (κ3) is 3.80. The van der Waals surface area contributed by atoms with Crippen LogP contribution >= 0.6 is 0 Å². The second-order valence-corrected chi connectivity index (χ2v) is 5.17. The third-order valence-corrected chi connectivity index (χ3v) is 3.43. The van der Waals surface area contributed by atoms with Crippen molar-refractivity contribution in [2.45, 2.75) is 13.5 Å². The first-order valence-corrected chi connectivity index (χ1v) is 7.34. The van der Waals surface area contributed by atoms with Gasteiger partial charge in [-0.15, -0.1) is 10.2 Å². The summed E-state index contributed by atoms with van der Waals surface area (Å²) >= 11 is 0. The van der Waals surface area contributed by atoms with Crippen molar-refractivity contribution in [2.24, 2.45) is 0 Å². The van der Waals surface area contributed by atoms with Gasteiger partial charge in [0.1, 0.15) is 6.61 Å². The predicted octanol–water partition coefficient (Wildman–Crippen LogP) is 3.93. The normalized spacial score (nSPS) is 10.3. The van der Waals surface area contributed by atoms with Crippen molar-refractivity contribution in [1.29, 1.82) is 0 Å². The van der Waals surface area contributed by atoms with E-state index in [-0.39, 0.29) is 5.78 Å². The molecule has 1 heterocycles. The Morgan fingerprint density at radius 3 is 2.48 bits per heavy atom. The van der Waals surface area contributed by atoms with Crippen LogP contribution in [-0.4, -0.2) is 16.0 Å². The summed E-state index contributed by atoms with van der Waals surface area (Å²) in [4.78, 5) is 11.4. The van der Waals surface area contributed by atoms with E-state index in [9.17, 15) is 4.79 Å². The minimum Gasteiger partial charge on any atom is -0.472 e. The zero-order valence-corrected chi connectivity index (χ0v) is 12.8. The molecular weight excluding hydrogens is 288 g/mol. The summed E-state index contributed by atoms with van der Waals surface area (Å²) in [6.07, 6.45) is 0. The van der Waals surface area contributed by atoms with E-state index in [0.29, 0.717) is 23.7 Å². The molecule has 0 saturated heterocycles. The Labute approximate surface area is 134 Å². The van der Waals surface area contributed by atoms with Gasteiger partial charge in [0.15, 0.2) is 5.78 Å². The van der Waals surface area contributed by atoms with Gasteiger partial charge in [0.05, 0.1) is 5.69 Å². The minimum atomic E-state index is 0.0302. The summed E-state index contributed by atoms with van der Waals surface area (Å²) in [5.74, 6) is 0.503. The van der Waals surface area contributed by atoms with Gasteiger partial charge in [0, 0.05) is 17.2 Å². The van der Waals surface area contributed by atoms with Crippen LogP contribution in [0, 0.1) is 0 Å². The molecule has 4 heteroatoms. The molecule has 0 unspecified atom stereocenters. The van der Waals surface area contributed by atoms with Gasteiger partial charge in [-0.25, -0.2) is 0 Å². The molecule has 0 spiro atoms. The van der Waals surface area contributed by atoms with Crippen LogP contribution in [0.4, 0.5) is 0 Å². The first-order chi connectivity index (χ1) is 11.2. The van der Waals surface area contributed by atoms with Crippen LogP contribution in [0.25, 0.3) is 11.3 Å². The number of hydrogen-bond acceptors (Lipinski definition) is 4. The summed E-state index contributed by atoms with van der Waals surface area (Å²) in [7, 11) is 0. The second-order valence-electron chi connectivity index (χ2n) is 5.17. The molecule has 0 saturated carbocycles. The van der Waals surface area contributed by atoms with Crippen LogP contribution in [0.1, 0.15) is 22.8 Å². The highest BCUT2D eigenvalue weighted by Crippen LogP contribution is 2.19. The van der Waals surface area contributed by atoms with Crippen molar-refractivity contribution in [3.63, 3.8) is 0 Å². The van der Waals surface area contributed by atoms with Gasteiger partial charge in [-0.2, -0.15) is 0 Å². The molecular formula is C19H16N2O2. The van der Waals surface area contributed by atoms with E-state index in [1.165, 1.54) is 0 Å². The van der Waals surface area contributed by atoms with E-state index < -0.39 is 0 Å². The van der Waals surface area contributed by atoms with E-state index in [1.807, 2.05) is 54.6 Å². The number of carbonyl (C=O) groups excluding carboxylic acids is 1. The van der Waals surface area contributed by atoms with Crippen LogP contribution in [0.15, 0.2) is 66.7 Å². The highest BCUT2D eigenvalue weighted by molar-refractivity contribution is 5.95. The summed E-state index contributed by atoms with van der Waals surface area (Å²) in [6, 6.07) is 20.9. The van der Waals surface area contributed by atoms with Gasteiger partial charge in [-0.05, 0) is 24.6 Å². The third-order valence-electron chi connectivity index (χ3n) is 3.43. The number of benzene rings is 2. The van der Waals surface area contributed by atoms with E-state index in [2.05, 4.69) is 10.2 Å². The van der Waals surface area contributed by atoms with Gasteiger partial charge in [-0.1, -0.05) is 48.5 Å². The molecule has 0 aliphatic rings.